The van der Waals surface area contributed by atoms with Crippen LogP contribution in [0.1, 0.15) is 19.4 Å². The summed E-state index contributed by atoms with van der Waals surface area (Å²) in [6, 6.07) is 2.20. The summed E-state index contributed by atoms with van der Waals surface area (Å²) in [4.78, 5) is 11.4. The predicted molar refractivity (Wildman–Crippen MR) is 65.5 cm³/mol. The van der Waals surface area contributed by atoms with Crippen LogP contribution in [0.4, 0.5) is 8.78 Å². The van der Waals surface area contributed by atoms with E-state index in [-0.39, 0.29) is 13.2 Å². The zero-order chi connectivity index (χ0) is 14.6. The summed E-state index contributed by atoms with van der Waals surface area (Å²) in [7, 11) is 1.24. The smallest absolute Gasteiger partial charge is 0.314 e. The van der Waals surface area contributed by atoms with Crippen molar-refractivity contribution in [3.63, 3.8) is 0 Å². The van der Waals surface area contributed by atoms with Crippen LogP contribution in [0.25, 0.3) is 0 Å². The molecule has 19 heavy (non-hydrogen) atoms. The van der Waals surface area contributed by atoms with Gasteiger partial charge in [0.05, 0.1) is 12.5 Å². The monoisotopic (exact) mass is 273 g/mol. The van der Waals surface area contributed by atoms with Gasteiger partial charge in [-0.25, -0.2) is 8.78 Å². The van der Waals surface area contributed by atoms with Gasteiger partial charge >= 0.3 is 5.97 Å². The molecule has 0 spiro atoms. The number of hydrogen-bond donors (Lipinski definition) is 1. The Morgan fingerprint density at radius 3 is 2.26 bits per heavy atom. The van der Waals surface area contributed by atoms with Gasteiger partial charge in [0.2, 0.25) is 0 Å². The number of nitrogens with two attached hydrogens (primary N) is 1. The van der Waals surface area contributed by atoms with Crippen LogP contribution in [0.15, 0.2) is 12.1 Å². The van der Waals surface area contributed by atoms with E-state index >= 15 is 0 Å². The van der Waals surface area contributed by atoms with Crippen LogP contribution in [-0.2, 0) is 16.1 Å². The van der Waals surface area contributed by atoms with Gasteiger partial charge < -0.3 is 15.2 Å². The summed E-state index contributed by atoms with van der Waals surface area (Å²) in [6.45, 7) is 2.95. The highest BCUT2D eigenvalue weighted by molar-refractivity contribution is 5.75. The lowest BCUT2D eigenvalue weighted by molar-refractivity contribution is -0.152. The second-order valence-corrected chi connectivity index (χ2v) is 4.76. The fourth-order valence-corrected chi connectivity index (χ4v) is 1.46. The topological polar surface area (TPSA) is 61.5 Å². The highest BCUT2D eigenvalue weighted by Crippen LogP contribution is 2.26. The SMILES string of the molecule is COC(=O)C(C)(C)COc1c(F)cc(CN)cc1F. The lowest BCUT2D eigenvalue weighted by atomic mass is 9.95. The fourth-order valence-electron chi connectivity index (χ4n) is 1.46. The van der Waals surface area contributed by atoms with Crippen LogP contribution in [0.5, 0.6) is 5.75 Å². The number of hydrogen-bond acceptors (Lipinski definition) is 4. The molecule has 1 rings (SSSR count). The van der Waals surface area contributed by atoms with Gasteiger partial charge in [-0.3, -0.25) is 4.79 Å². The molecule has 0 aromatic heterocycles. The molecule has 0 saturated heterocycles. The lowest BCUT2D eigenvalue weighted by Crippen LogP contribution is -2.32. The Kier molecular flexibility index (Phi) is 4.83. The zero-order valence-electron chi connectivity index (χ0n) is 11.1. The summed E-state index contributed by atoms with van der Waals surface area (Å²) in [5, 5.41) is 0. The minimum Gasteiger partial charge on any atom is -0.486 e. The minimum atomic E-state index is -1.000. The van der Waals surface area contributed by atoms with Gasteiger partial charge in [0.25, 0.3) is 0 Å². The molecule has 106 valence electrons. The third-order valence-corrected chi connectivity index (χ3v) is 2.61. The fraction of sp³-hybridized carbons (Fsp3) is 0.462. The normalized spacial score (nSPS) is 11.3. The number of halogens is 2. The first kappa shape index (κ1) is 15.4. The van der Waals surface area contributed by atoms with Gasteiger partial charge in [0, 0.05) is 6.54 Å². The maximum Gasteiger partial charge on any atom is 0.314 e. The molecule has 0 atom stereocenters. The number of ether oxygens (including phenoxy) is 2. The van der Waals surface area contributed by atoms with Crippen LogP contribution in [0.3, 0.4) is 0 Å². The number of methoxy groups -OCH3 is 1. The number of esters is 1. The van der Waals surface area contributed by atoms with E-state index in [9.17, 15) is 13.6 Å². The average molecular weight is 273 g/mol. The molecule has 0 heterocycles. The van der Waals surface area contributed by atoms with Crippen molar-refractivity contribution < 1.29 is 23.0 Å². The Bertz CT molecular complexity index is 452. The van der Waals surface area contributed by atoms with Gasteiger partial charge in [-0.1, -0.05) is 0 Å². The van der Waals surface area contributed by atoms with E-state index in [1.54, 1.807) is 13.8 Å². The van der Waals surface area contributed by atoms with Crippen LogP contribution >= 0.6 is 0 Å². The molecule has 0 saturated carbocycles. The first-order valence-electron chi connectivity index (χ1n) is 5.71. The first-order chi connectivity index (χ1) is 8.81. The molecule has 0 unspecified atom stereocenters. The van der Waals surface area contributed by atoms with Crippen molar-refractivity contribution in [1.29, 1.82) is 0 Å². The second-order valence-electron chi connectivity index (χ2n) is 4.76. The van der Waals surface area contributed by atoms with Crippen molar-refractivity contribution in [2.45, 2.75) is 20.4 Å². The standard InChI is InChI=1S/C13H17F2NO3/c1-13(2,12(17)18-3)7-19-11-9(14)4-8(6-16)5-10(11)15/h4-5H,6-7,16H2,1-3H3. The summed E-state index contributed by atoms with van der Waals surface area (Å²) in [5.41, 5.74) is 4.63. The summed E-state index contributed by atoms with van der Waals surface area (Å²) in [6.07, 6.45) is 0. The molecular formula is C13H17F2NO3. The Morgan fingerprint density at radius 2 is 1.84 bits per heavy atom. The second kappa shape index (κ2) is 5.97. The van der Waals surface area contributed by atoms with Gasteiger partial charge in [0.15, 0.2) is 17.4 Å². The molecule has 0 fully saturated rings. The third kappa shape index (κ3) is 3.64. The van der Waals surface area contributed by atoms with E-state index < -0.39 is 28.8 Å². The predicted octanol–water partition coefficient (Wildman–Crippen LogP) is 2.00. The lowest BCUT2D eigenvalue weighted by Gasteiger charge is -2.22. The van der Waals surface area contributed by atoms with Crippen LogP contribution in [0.2, 0.25) is 0 Å². The number of rotatable bonds is 5. The molecule has 0 amide bonds. The number of carbonyl (C=O) groups excluding carboxylic acids is 1. The van der Waals surface area contributed by atoms with Crippen molar-refractivity contribution in [2.24, 2.45) is 11.1 Å². The van der Waals surface area contributed by atoms with Crippen molar-refractivity contribution in [2.75, 3.05) is 13.7 Å². The molecular weight excluding hydrogens is 256 g/mol. The summed E-state index contributed by atoms with van der Waals surface area (Å²) < 4.78 is 36.9. The van der Waals surface area contributed by atoms with Crippen LogP contribution in [-0.4, -0.2) is 19.7 Å². The van der Waals surface area contributed by atoms with E-state index in [1.165, 1.54) is 7.11 Å². The molecule has 0 aliphatic heterocycles. The maximum absolute atomic E-state index is 13.6. The van der Waals surface area contributed by atoms with E-state index in [0.717, 1.165) is 12.1 Å². The van der Waals surface area contributed by atoms with Crippen LogP contribution in [0, 0.1) is 17.0 Å². The third-order valence-electron chi connectivity index (χ3n) is 2.61. The highest BCUT2D eigenvalue weighted by Gasteiger charge is 2.30. The van der Waals surface area contributed by atoms with E-state index in [0.29, 0.717) is 5.56 Å². The first-order valence-corrected chi connectivity index (χ1v) is 5.71. The molecule has 1 aromatic rings. The van der Waals surface area contributed by atoms with Crippen molar-refractivity contribution in [3.05, 3.63) is 29.3 Å². The van der Waals surface area contributed by atoms with Gasteiger partial charge in [-0.2, -0.15) is 0 Å². The molecule has 6 heteroatoms. The van der Waals surface area contributed by atoms with Crippen molar-refractivity contribution in [1.82, 2.24) is 0 Å². The summed E-state index contributed by atoms with van der Waals surface area (Å²) in [5.74, 6) is -2.73. The quantitative estimate of drug-likeness (QED) is 0.833. The van der Waals surface area contributed by atoms with Crippen molar-refractivity contribution >= 4 is 5.97 Å². The molecule has 0 aliphatic rings. The Labute approximate surface area is 110 Å². The Hall–Kier alpha value is -1.69. The molecule has 0 aliphatic carbocycles. The highest BCUT2D eigenvalue weighted by atomic mass is 19.1. The Morgan fingerprint density at radius 1 is 1.32 bits per heavy atom. The largest absolute Gasteiger partial charge is 0.486 e. The molecule has 0 bridgehead atoms. The van der Waals surface area contributed by atoms with Gasteiger partial charge in [-0.05, 0) is 31.5 Å². The minimum absolute atomic E-state index is 0.0295. The maximum atomic E-state index is 13.6. The molecule has 0 radical (unpaired) electrons. The zero-order valence-corrected chi connectivity index (χ0v) is 11.1. The van der Waals surface area contributed by atoms with E-state index in [4.69, 9.17) is 10.5 Å². The summed E-state index contributed by atoms with van der Waals surface area (Å²) >= 11 is 0. The Balaban J connectivity index is 2.87. The molecule has 4 nitrogen and oxygen atoms in total. The van der Waals surface area contributed by atoms with E-state index in [2.05, 4.69) is 4.74 Å². The number of carbonyl (C=O) groups is 1. The van der Waals surface area contributed by atoms with E-state index in [1.807, 2.05) is 0 Å². The van der Waals surface area contributed by atoms with Crippen molar-refractivity contribution in [3.8, 4) is 5.75 Å². The number of benzene rings is 1. The molecule has 1 aromatic carbocycles. The van der Waals surface area contributed by atoms with Gasteiger partial charge in [0.1, 0.15) is 6.61 Å². The van der Waals surface area contributed by atoms with Gasteiger partial charge in [-0.15, -0.1) is 0 Å². The average Bonchev–Trinajstić information content (AvgIpc) is 2.36. The van der Waals surface area contributed by atoms with Crippen LogP contribution < -0.4 is 10.5 Å². The molecule has 2 N–H and O–H groups in total.